The molecule has 0 aliphatic carbocycles. The van der Waals surface area contributed by atoms with Crippen LogP contribution in [0.2, 0.25) is 0 Å². The van der Waals surface area contributed by atoms with Crippen LogP contribution in [0.4, 0.5) is 0 Å². The van der Waals surface area contributed by atoms with Crippen molar-refractivity contribution in [2.45, 2.75) is 37.5 Å². The van der Waals surface area contributed by atoms with Gasteiger partial charge in [-0.05, 0) is 18.4 Å². The van der Waals surface area contributed by atoms with E-state index in [0.29, 0.717) is 6.42 Å². The van der Waals surface area contributed by atoms with E-state index < -0.39 is 0 Å². The topological polar surface area (TPSA) is 55.6 Å². The first-order valence-electron chi connectivity index (χ1n) is 6.96. The highest BCUT2D eigenvalue weighted by molar-refractivity contribution is 5.77. The Morgan fingerprint density at radius 3 is 2.53 bits per heavy atom. The van der Waals surface area contributed by atoms with Gasteiger partial charge >= 0.3 is 0 Å². The molecule has 2 fully saturated rings. The molecule has 19 heavy (non-hydrogen) atoms. The van der Waals surface area contributed by atoms with Gasteiger partial charge in [-0.25, -0.2) is 0 Å². The molecule has 2 N–H and O–H groups in total. The van der Waals surface area contributed by atoms with E-state index in [0.717, 1.165) is 31.5 Å². The van der Waals surface area contributed by atoms with Crippen LogP contribution in [0, 0.1) is 0 Å². The number of nitrogens with zero attached hydrogens (tertiary/aromatic N) is 1. The molecule has 4 nitrogen and oxygen atoms in total. The van der Waals surface area contributed by atoms with Crippen LogP contribution >= 0.6 is 0 Å². The fourth-order valence-electron chi connectivity index (χ4n) is 2.95. The van der Waals surface area contributed by atoms with Gasteiger partial charge in [0.05, 0.1) is 12.2 Å². The average molecular weight is 260 g/mol. The lowest BCUT2D eigenvalue weighted by Gasteiger charge is -2.32. The maximum Gasteiger partial charge on any atom is 0.224 e. The number of rotatable bonds is 3. The highest BCUT2D eigenvalue weighted by Crippen LogP contribution is 2.27. The maximum atomic E-state index is 12.3. The number of hydrogen-bond donors (Lipinski definition) is 1. The minimum absolute atomic E-state index is 0.150. The third-order valence-electron chi connectivity index (χ3n) is 4.02. The van der Waals surface area contributed by atoms with Gasteiger partial charge in [0.2, 0.25) is 5.91 Å². The Hall–Kier alpha value is -1.39. The molecule has 102 valence electrons. The second kappa shape index (κ2) is 5.31. The highest BCUT2D eigenvalue weighted by atomic mass is 16.5. The Morgan fingerprint density at radius 2 is 1.89 bits per heavy atom. The van der Waals surface area contributed by atoms with Gasteiger partial charge in [-0.3, -0.25) is 4.79 Å². The Labute approximate surface area is 113 Å². The summed E-state index contributed by atoms with van der Waals surface area (Å²) < 4.78 is 5.74. The zero-order chi connectivity index (χ0) is 13.2. The van der Waals surface area contributed by atoms with E-state index in [1.807, 2.05) is 35.2 Å². The molecule has 2 heterocycles. The standard InChI is InChI=1S/C15H20N2O2/c16-14(11-4-2-1-3-5-11)8-15(18)17-9-12-6-7-13(10-17)19-12/h1-5,12-14H,6-10,16H2. The molecule has 0 spiro atoms. The zero-order valence-corrected chi connectivity index (χ0v) is 11.0. The summed E-state index contributed by atoms with van der Waals surface area (Å²) in [7, 11) is 0. The number of amides is 1. The van der Waals surface area contributed by atoms with Gasteiger partial charge in [0, 0.05) is 25.6 Å². The lowest BCUT2D eigenvalue weighted by Crippen LogP contribution is -2.46. The van der Waals surface area contributed by atoms with Crippen LogP contribution in [-0.2, 0) is 9.53 Å². The van der Waals surface area contributed by atoms with Crippen LogP contribution in [0.25, 0.3) is 0 Å². The third kappa shape index (κ3) is 2.80. The quantitative estimate of drug-likeness (QED) is 0.895. The van der Waals surface area contributed by atoms with Crippen molar-refractivity contribution in [3.8, 4) is 0 Å². The van der Waals surface area contributed by atoms with E-state index in [1.165, 1.54) is 0 Å². The van der Waals surface area contributed by atoms with Crippen molar-refractivity contribution < 1.29 is 9.53 Å². The number of likely N-dealkylation sites (tertiary alicyclic amines) is 1. The first kappa shape index (κ1) is 12.6. The first-order valence-corrected chi connectivity index (χ1v) is 6.96. The number of fused-ring (bicyclic) bond motifs is 2. The number of hydrogen-bond acceptors (Lipinski definition) is 3. The van der Waals surface area contributed by atoms with Gasteiger partial charge in [-0.2, -0.15) is 0 Å². The van der Waals surface area contributed by atoms with Crippen LogP contribution in [-0.4, -0.2) is 36.1 Å². The van der Waals surface area contributed by atoms with Gasteiger partial charge in [0.25, 0.3) is 0 Å². The Morgan fingerprint density at radius 1 is 1.26 bits per heavy atom. The summed E-state index contributed by atoms with van der Waals surface area (Å²) in [5, 5.41) is 0. The van der Waals surface area contributed by atoms with E-state index in [1.54, 1.807) is 0 Å². The molecule has 2 saturated heterocycles. The molecule has 3 rings (SSSR count). The van der Waals surface area contributed by atoms with Crippen LogP contribution in [0.15, 0.2) is 30.3 Å². The van der Waals surface area contributed by atoms with Crippen molar-refractivity contribution in [3.05, 3.63) is 35.9 Å². The molecule has 0 aromatic heterocycles. The van der Waals surface area contributed by atoms with Gasteiger partial charge in [0.1, 0.15) is 0 Å². The predicted molar refractivity (Wildman–Crippen MR) is 72.5 cm³/mol. The van der Waals surface area contributed by atoms with Crippen molar-refractivity contribution in [2.75, 3.05) is 13.1 Å². The van der Waals surface area contributed by atoms with E-state index in [4.69, 9.17) is 10.5 Å². The molecule has 3 atom stereocenters. The molecule has 1 aromatic carbocycles. The molecule has 2 aliphatic heterocycles. The minimum Gasteiger partial charge on any atom is -0.371 e. The number of nitrogens with two attached hydrogens (primary N) is 1. The van der Waals surface area contributed by atoms with Crippen molar-refractivity contribution >= 4 is 5.91 Å². The number of carbonyl (C=O) groups is 1. The molecule has 0 saturated carbocycles. The van der Waals surface area contributed by atoms with Gasteiger partial charge in [0.15, 0.2) is 0 Å². The summed E-state index contributed by atoms with van der Waals surface area (Å²) >= 11 is 0. The summed E-state index contributed by atoms with van der Waals surface area (Å²) in [6, 6.07) is 9.59. The number of carbonyl (C=O) groups excluding carboxylic acids is 1. The van der Waals surface area contributed by atoms with Crippen LogP contribution in [0.5, 0.6) is 0 Å². The normalized spacial score (nSPS) is 27.3. The zero-order valence-electron chi connectivity index (χ0n) is 11.0. The number of benzene rings is 1. The lowest BCUT2D eigenvalue weighted by atomic mass is 10.0. The van der Waals surface area contributed by atoms with E-state index in [9.17, 15) is 4.79 Å². The molecule has 2 aliphatic rings. The number of ether oxygens (including phenoxy) is 1. The van der Waals surface area contributed by atoms with Crippen LogP contribution < -0.4 is 5.73 Å². The van der Waals surface area contributed by atoms with Gasteiger partial charge < -0.3 is 15.4 Å². The Kier molecular flexibility index (Phi) is 3.53. The van der Waals surface area contributed by atoms with Crippen molar-refractivity contribution in [1.82, 2.24) is 4.90 Å². The van der Waals surface area contributed by atoms with E-state index >= 15 is 0 Å². The summed E-state index contributed by atoms with van der Waals surface area (Å²) in [5.41, 5.74) is 7.13. The Balaban J connectivity index is 1.59. The van der Waals surface area contributed by atoms with Crippen LogP contribution in [0.1, 0.15) is 30.9 Å². The second-order valence-electron chi connectivity index (χ2n) is 5.48. The minimum atomic E-state index is -0.214. The third-order valence-corrected chi connectivity index (χ3v) is 4.02. The average Bonchev–Trinajstić information content (AvgIpc) is 2.78. The lowest BCUT2D eigenvalue weighted by molar-refractivity contribution is -0.140. The monoisotopic (exact) mass is 260 g/mol. The molecule has 4 heteroatoms. The summed E-state index contributed by atoms with van der Waals surface area (Å²) in [6.07, 6.45) is 3.04. The van der Waals surface area contributed by atoms with E-state index in [2.05, 4.69) is 0 Å². The van der Waals surface area contributed by atoms with Crippen LogP contribution in [0.3, 0.4) is 0 Å². The molecule has 3 unspecified atom stereocenters. The number of morpholine rings is 1. The molecular weight excluding hydrogens is 240 g/mol. The summed E-state index contributed by atoms with van der Waals surface area (Å²) in [4.78, 5) is 14.2. The molecule has 1 aromatic rings. The molecule has 2 bridgehead atoms. The smallest absolute Gasteiger partial charge is 0.224 e. The SMILES string of the molecule is NC(CC(=O)N1CC2CCC(C1)O2)c1ccccc1. The predicted octanol–water partition coefficient (Wildman–Crippen LogP) is 1.47. The summed E-state index contributed by atoms with van der Waals surface area (Å²) in [6.45, 7) is 1.47. The molecular formula is C15H20N2O2. The second-order valence-corrected chi connectivity index (χ2v) is 5.48. The highest BCUT2D eigenvalue weighted by Gasteiger charge is 2.35. The van der Waals surface area contributed by atoms with Crippen molar-refractivity contribution in [1.29, 1.82) is 0 Å². The molecule has 1 amide bonds. The molecule has 0 radical (unpaired) electrons. The van der Waals surface area contributed by atoms with Crippen molar-refractivity contribution in [3.63, 3.8) is 0 Å². The van der Waals surface area contributed by atoms with Crippen molar-refractivity contribution in [2.24, 2.45) is 5.73 Å². The maximum absolute atomic E-state index is 12.3. The first-order chi connectivity index (χ1) is 9.22. The van der Waals surface area contributed by atoms with E-state index in [-0.39, 0.29) is 24.2 Å². The van der Waals surface area contributed by atoms with Gasteiger partial charge in [-0.15, -0.1) is 0 Å². The Bertz CT molecular complexity index is 437. The fourth-order valence-corrected chi connectivity index (χ4v) is 2.95. The summed E-state index contributed by atoms with van der Waals surface area (Å²) in [5.74, 6) is 0.150. The largest absolute Gasteiger partial charge is 0.371 e. The van der Waals surface area contributed by atoms with Gasteiger partial charge in [-0.1, -0.05) is 30.3 Å². The fraction of sp³-hybridized carbons (Fsp3) is 0.533.